The highest BCUT2D eigenvalue weighted by Crippen LogP contribution is 2.47. The van der Waals surface area contributed by atoms with Crippen molar-refractivity contribution < 1.29 is 9.59 Å². The summed E-state index contributed by atoms with van der Waals surface area (Å²) in [5.41, 5.74) is 2.06. The zero-order chi connectivity index (χ0) is 18.1. The molecule has 2 N–H and O–H groups in total. The second-order valence-electron chi connectivity index (χ2n) is 6.86. The largest absolute Gasteiger partial charge is 0.355 e. The van der Waals surface area contributed by atoms with E-state index in [-0.39, 0.29) is 23.7 Å². The van der Waals surface area contributed by atoms with Gasteiger partial charge in [0.25, 0.3) is 0 Å². The van der Waals surface area contributed by atoms with Crippen LogP contribution in [0.5, 0.6) is 0 Å². The Balaban J connectivity index is 1.35. The highest BCUT2D eigenvalue weighted by atomic mass is 35.5. The van der Waals surface area contributed by atoms with Gasteiger partial charge in [-0.05, 0) is 36.6 Å². The van der Waals surface area contributed by atoms with E-state index in [4.69, 9.17) is 11.6 Å². The monoisotopic (exact) mass is 386 g/mol. The van der Waals surface area contributed by atoms with Crippen molar-refractivity contribution >= 4 is 40.9 Å². The first-order valence-corrected chi connectivity index (χ1v) is 9.91. The van der Waals surface area contributed by atoms with Crippen LogP contribution in [0.2, 0.25) is 5.02 Å². The normalized spacial score (nSPS) is 20.0. The molecule has 4 rings (SSSR count). The quantitative estimate of drug-likeness (QED) is 0.816. The number of carbonyl (C=O) groups excluding carboxylic acids is 2. The topological polar surface area (TPSA) is 58.2 Å². The van der Waals surface area contributed by atoms with Crippen molar-refractivity contribution in [3.8, 4) is 0 Å². The Labute approximate surface area is 161 Å². The van der Waals surface area contributed by atoms with Crippen LogP contribution in [0.1, 0.15) is 24.8 Å². The van der Waals surface area contributed by atoms with Gasteiger partial charge in [0.05, 0.1) is 10.9 Å². The summed E-state index contributed by atoms with van der Waals surface area (Å²) >= 11 is 7.38. The van der Waals surface area contributed by atoms with E-state index in [1.807, 2.05) is 24.3 Å². The molecule has 26 heavy (non-hydrogen) atoms. The molecule has 0 saturated heterocycles. The van der Waals surface area contributed by atoms with Gasteiger partial charge in [-0.2, -0.15) is 0 Å². The second-order valence-corrected chi connectivity index (χ2v) is 8.54. The fourth-order valence-electron chi connectivity index (χ4n) is 3.28. The molecule has 1 fully saturated rings. The van der Waals surface area contributed by atoms with Crippen LogP contribution in [0, 0.1) is 0 Å². The molecule has 0 unspecified atom stereocenters. The molecule has 0 aromatic heterocycles. The average Bonchev–Trinajstić information content (AvgIpc) is 3.43. The van der Waals surface area contributed by atoms with Gasteiger partial charge in [-0.1, -0.05) is 41.9 Å². The van der Waals surface area contributed by atoms with E-state index in [9.17, 15) is 9.59 Å². The first-order valence-electron chi connectivity index (χ1n) is 8.65. The van der Waals surface area contributed by atoms with Crippen LogP contribution in [-0.4, -0.2) is 23.6 Å². The molecular formula is C20H19ClN2O2S. The predicted octanol–water partition coefficient (Wildman–Crippen LogP) is 3.99. The first kappa shape index (κ1) is 17.4. The van der Waals surface area contributed by atoms with Crippen molar-refractivity contribution in [3.63, 3.8) is 0 Å². The maximum Gasteiger partial charge on any atom is 0.238 e. The Hall–Kier alpha value is -1.98. The third-order valence-electron chi connectivity index (χ3n) is 5.00. The van der Waals surface area contributed by atoms with Crippen LogP contribution in [0.4, 0.5) is 5.69 Å². The third-order valence-corrected chi connectivity index (χ3v) is 6.51. The van der Waals surface area contributed by atoms with Crippen LogP contribution in [0.25, 0.3) is 0 Å². The zero-order valence-electron chi connectivity index (χ0n) is 14.1. The Morgan fingerprint density at radius 2 is 2.00 bits per heavy atom. The van der Waals surface area contributed by atoms with Crippen LogP contribution in [0.15, 0.2) is 53.4 Å². The number of anilines is 1. The number of rotatable bonds is 5. The predicted molar refractivity (Wildman–Crippen MR) is 105 cm³/mol. The van der Waals surface area contributed by atoms with Gasteiger partial charge >= 0.3 is 0 Å². The fraction of sp³-hybridized carbons (Fsp3) is 0.300. The smallest absolute Gasteiger partial charge is 0.238 e. The number of hydrogen-bond donors (Lipinski definition) is 2. The molecule has 1 aliphatic heterocycles. The van der Waals surface area contributed by atoms with E-state index in [2.05, 4.69) is 22.8 Å². The van der Waals surface area contributed by atoms with Crippen LogP contribution >= 0.6 is 23.4 Å². The lowest BCUT2D eigenvalue weighted by Gasteiger charge is -2.24. The molecule has 2 amide bonds. The van der Waals surface area contributed by atoms with Gasteiger partial charge in [-0.25, -0.2) is 0 Å². The van der Waals surface area contributed by atoms with E-state index in [1.54, 1.807) is 12.1 Å². The maximum absolute atomic E-state index is 12.4. The van der Waals surface area contributed by atoms with Gasteiger partial charge in [0.1, 0.15) is 0 Å². The molecule has 6 heteroatoms. The van der Waals surface area contributed by atoms with Gasteiger partial charge < -0.3 is 10.6 Å². The van der Waals surface area contributed by atoms with E-state index in [0.29, 0.717) is 17.3 Å². The molecule has 1 aliphatic carbocycles. The molecule has 4 nitrogen and oxygen atoms in total. The molecule has 2 aromatic rings. The summed E-state index contributed by atoms with van der Waals surface area (Å²) in [5, 5.41) is 6.03. The lowest BCUT2D eigenvalue weighted by atomic mass is 9.96. The number of benzene rings is 2. The Bertz CT molecular complexity index is 852. The highest BCUT2D eigenvalue weighted by Gasteiger charge is 2.44. The van der Waals surface area contributed by atoms with Crippen molar-refractivity contribution in [2.24, 2.45) is 0 Å². The Kier molecular flexibility index (Phi) is 4.67. The standard InChI is InChI=1S/C20H19ClN2O2S/c21-14-6-7-16-15(10-14)23-19(25)17(26-16)11-18(24)22-12-20(8-9-20)13-4-2-1-3-5-13/h1-7,10,17H,8-9,11-12H2,(H,22,24)(H,23,25)/t17-/m1/s1. The van der Waals surface area contributed by atoms with Crippen LogP contribution in [-0.2, 0) is 15.0 Å². The van der Waals surface area contributed by atoms with Gasteiger partial charge in [-0.15, -0.1) is 11.8 Å². The molecule has 0 spiro atoms. The number of hydrogen-bond acceptors (Lipinski definition) is 3. The molecule has 1 atom stereocenters. The minimum Gasteiger partial charge on any atom is -0.355 e. The summed E-state index contributed by atoms with van der Waals surface area (Å²) in [7, 11) is 0. The molecular weight excluding hydrogens is 368 g/mol. The molecule has 2 aliphatic rings. The minimum atomic E-state index is -0.421. The van der Waals surface area contributed by atoms with E-state index in [0.717, 1.165) is 17.7 Å². The molecule has 2 aromatic carbocycles. The van der Waals surface area contributed by atoms with Gasteiger partial charge in [-0.3, -0.25) is 9.59 Å². The van der Waals surface area contributed by atoms with Gasteiger partial charge in [0.15, 0.2) is 0 Å². The summed E-state index contributed by atoms with van der Waals surface area (Å²) in [5.74, 6) is -0.235. The van der Waals surface area contributed by atoms with Crippen molar-refractivity contribution in [1.82, 2.24) is 5.32 Å². The molecule has 0 bridgehead atoms. The molecule has 1 heterocycles. The third kappa shape index (κ3) is 3.60. The Morgan fingerprint density at radius 1 is 1.23 bits per heavy atom. The van der Waals surface area contributed by atoms with E-state index >= 15 is 0 Å². The number of carbonyl (C=O) groups is 2. The summed E-state index contributed by atoms with van der Waals surface area (Å²) < 4.78 is 0. The first-order chi connectivity index (χ1) is 12.6. The molecule has 0 radical (unpaired) electrons. The average molecular weight is 387 g/mol. The van der Waals surface area contributed by atoms with Gasteiger partial charge in [0.2, 0.25) is 11.8 Å². The molecule has 1 saturated carbocycles. The summed E-state index contributed by atoms with van der Waals surface area (Å²) in [6, 6.07) is 15.7. The second kappa shape index (κ2) is 6.97. The summed E-state index contributed by atoms with van der Waals surface area (Å²) in [4.78, 5) is 25.6. The number of fused-ring (bicyclic) bond motifs is 1. The minimum absolute atomic E-state index is 0.0717. The van der Waals surface area contributed by atoms with Crippen LogP contribution in [0.3, 0.4) is 0 Å². The van der Waals surface area contributed by atoms with Crippen molar-refractivity contribution in [1.29, 1.82) is 0 Å². The lowest BCUT2D eigenvalue weighted by Crippen LogP contribution is -2.37. The van der Waals surface area contributed by atoms with E-state index in [1.165, 1.54) is 17.3 Å². The SMILES string of the molecule is O=C(C[C@H]1Sc2ccc(Cl)cc2NC1=O)NCC1(c2ccccc2)CC1. The van der Waals surface area contributed by atoms with Gasteiger partial charge in [0, 0.05) is 28.3 Å². The number of nitrogens with one attached hydrogen (secondary N) is 2. The molecule has 134 valence electrons. The Morgan fingerprint density at radius 3 is 2.73 bits per heavy atom. The van der Waals surface area contributed by atoms with E-state index < -0.39 is 5.25 Å². The fourth-order valence-corrected chi connectivity index (χ4v) is 4.54. The van der Waals surface area contributed by atoms with Crippen molar-refractivity contribution in [3.05, 3.63) is 59.1 Å². The van der Waals surface area contributed by atoms with Crippen LogP contribution < -0.4 is 10.6 Å². The zero-order valence-corrected chi connectivity index (χ0v) is 15.7. The maximum atomic E-state index is 12.4. The summed E-state index contributed by atoms with van der Waals surface area (Å²) in [6.45, 7) is 0.626. The number of halogens is 1. The highest BCUT2D eigenvalue weighted by molar-refractivity contribution is 8.01. The number of amides is 2. The lowest BCUT2D eigenvalue weighted by molar-refractivity contribution is -0.124. The van der Waals surface area contributed by atoms with Crippen molar-refractivity contribution in [2.45, 2.75) is 34.8 Å². The van der Waals surface area contributed by atoms with Crippen molar-refractivity contribution in [2.75, 3.05) is 11.9 Å². The number of thioether (sulfide) groups is 1. The summed E-state index contributed by atoms with van der Waals surface area (Å²) in [6.07, 6.45) is 2.34.